The first-order valence-corrected chi connectivity index (χ1v) is 7.11. The molecule has 2 aromatic rings. The maximum atomic E-state index is 12.5. The average Bonchev–Trinajstić information content (AvgIpc) is 2.76. The molecule has 1 aromatic carbocycles. The summed E-state index contributed by atoms with van der Waals surface area (Å²) in [7, 11) is -3.19. The van der Waals surface area contributed by atoms with Crippen molar-refractivity contribution in [3.8, 4) is 0 Å². The van der Waals surface area contributed by atoms with E-state index < -0.39 is 7.60 Å². The number of rotatable bonds is 5. The first-order valence-electron chi connectivity index (χ1n) is 5.56. The topological polar surface area (TPSA) is 48.7 Å². The molecule has 0 saturated heterocycles. The zero-order valence-corrected chi connectivity index (χ0v) is 10.8. The van der Waals surface area contributed by atoms with Gasteiger partial charge in [0.15, 0.2) is 0 Å². The highest BCUT2D eigenvalue weighted by Gasteiger charge is 2.26. The lowest BCUT2D eigenvalue weighted by atomic mass is 10.3. The summed E-state index contributed by atoms with van der Waals surface area (Å²) in [5.41, 5.74) is 0.758. The van der Waals surface area contributed by atoms with Crippen LogP contribution in [0.5, 0.6) is 0 Å². The van der Waals surface area contributed by atoms with E-state index in [0.29, 0.717) is 18.5 Å². The van der Waals surface area contributed by atoms with Gasteiger partial charge in [0.2, 0.25) is 0 Å². The van der Waals surface area contributed by atoms with Gasteiger partial charge in [-0.15, -0.1) is 0 Å². The highest BCUT2D eigenvalue weighted by molar-refractivity contribution is 7.62. The molecule has 0 aliphatic rings. The third-order valence-corrected chi connectivity index (χ3v) is 4.46. The molecule has 5 heteroatoms. The molecule has 1 heterocycles. The molecule has 0 unspecified atom stereocenters. The van der Waals surface area contributed by atoms with Crippen LogP contribution in [0.4, 0.5) is 0 Å². The summed E-state index contributed by atoms with van der Waals surface area (Å²) in [6, 6.07) is 7.10. The Labute approximate surface area is 100 Å². The lowest BCUT2D eigenvalue weighted by molar-refractivity contribution is 0.230. The Morgan fingerprint density at radius 3 is 2.53 bits per heavy atom. The van der Waals surface area contributed by atoms with E-state index in [1.165, 1.54) is 0 Å². The molecule has 0 radical (unpaired) electrons. The van der Waals surface area contributed by atoms with Crippen molar-refractivity contribution in [2.24, 2.45) is 0 Å². The van der Waals surface area contributed by atoms with Crippen LogP contribution < -0.4 is 5.30 Å². The van der Waals surface area contributed by atoms with Gasteiger partial charge in [0.25, 0.3) is 0 Å². The van der Waals surface area contributed by atoms with Crippen molar-refractivity contribution < 1.29 is 18.0 Å². The Morgan fingerprint density at radius 1 is 1.18 bits per heavy atom. The van der Waals surface area contributed by atoms with Crippen LogP contribution in [0.25, 0.3) is 11.0 Å². The number of fused-ring (bicyclic) bond motifs is 1. The zero-order chi connectivity index (χ0) is 12.3. The maximum Gasteiger partial charge on any atom is 0.361 e. The molecule has 0 saturated carbocycles. The molecule has 0 bridgehead atoms. The van der Waals surface area contributed by atoms with Crippen molar-refractivity contribution in [3.63, 3.8) is 0 Å². The third-order valence-electron chi connectivity index (χ3n) is 2.35. The molecular weight excluding hydrogens is 239 g/mol. The van der Waals surface area contributed by atoms with Gasteiger partial charge in [-0.3, -0.25) is 4.57 Å². The van der Waals surface area contributed by atoms with E-state index in [-0.39, 0.29) is 0 Å². The molecule has 0 amide bonds. The lowest BCUT2D eigenvalue weighted by Crippen LogP contribution is -2.10. The summed E-state index contributed by atoms with van der Waals surface area (Å²) in [6.07, 6.45) is 1.60. The molecule has 0 N–H and O–H groups in total. The Hall–Kier alpha value is -1.09. The smallest absolute Gasteiger partial charge is 0.361 e. The van der Waals surface area contributed by atoms with Gasteiger partial charge in [0.05, 0.1) is 24.8 Å². The molecule has 4 nitrogen and oxygen atoms in total. The van der Waals surface area contributed by atoms with Gasteiger partial charge in [-0.2, -0.15) is 0 Å². The summed E-state index contributed by atoms with van der Waals surface area (Å²) >= 11 is 0. The second-order valence-electron chi connectivity index (χ2n) is 3.48. The highest BCUT2D eigenvalue weighted by Crippen LogP contribution is 2.47. The lowest BCUT2D eigenvalue weighted by Gasteiger charge is -2.16. The quantitative estimate of drug-likeness (QED) is 0.768. The predicted octanol–water partition coefficient (Wildman–Crippen LogP) is 3.32. The molecule has 0 aliphatic carbocycles. The van der Waals surface area contributed by atoms with Crippen LogP contribution in [0.1, 0.15) is 13.8 Å². The van der Waals surface area contributed by atoms with Gasteiger partial charge in [0, 0.05) is 5.39 Å². The fraction of sp³-hybridized carbons (Fsp3) is 0.333. The Morgan fingerprint density at radius 2 is 1.88 bits per heavy atom. The average molecular weight is 254 g/mol. The molecule has 0 atom stereocenters. The van der Waals surface area contributed by atoms with Crippen molar-refractivity contribution in [1.82, 2.24) is 0 Å². The van der Waals surface area contributed by atoms with Crippen molar-refractivity contribution in [2.75, 3.05) is 13.2 Å². The third kappa shape index (κ3) is 2.44. The predicted molar refractivity (Wildman–Crippen MR) is 66.7 cm³/mol. The molecule has 0 fully saturated rings. The zero-order valence-electron chi connectivity index (χ0n) is 9.88. The van der Waals surface area contributed by atoms with E-state index in [0.717, 1.165) is 11.0 Å². The van der Waals surface area contributed by atoms with Crippen LogP contribution in [-0.4, -0.2) is 13.2 Å². The summed E-state index contributed by atoms with van der Waals surface area (Å²) in [4.78, 5) is 0. The SMILES string of the molecule is CCOP(=O)(OCC)c1ccc2occc2c1. The van der Waals surface area contributed by atoms with E-state index in [4.69, 9.17) is 13.5 Å². The fourth-order valence-corrected chi connectivity index (χ4v) is 3.26. The van der Waals surface area contributed by atoms with E-state index in [1.807, 2.05) is 6.07 Å². The molecule has 17 heavy (non-hydrogen) atoms. The maximum absolute atomic E-state index is 12.5. The fourth-order valence-electron chi connectivity index (χ4n) is 1.65. The second kappa shape index (κ2) is 5.05. The number of benzene rings is 1. The van der Waals surface area contributed by atoms with Crippen molar-refractivity contribution in [3.05, 3.63) is 30.5 Å². The van der Waals surface area contributed by atoms with E-state index >= 15 is 0 Å². The number of hydrogen-bond donors (Lipinski definition) is 0. The van der Waals surface area contributed by atoms with Crippen molar-refractivity contribution in [2.45, 2.75) is 13.8 Å². The van der Waals surface area contributed by atoms with Crippen LogP contribution in [0.15, 0.2) is 34.9 Å². The minimum Gasteiger partial charge on any atom is -0.464 e. The molecule has 2 rings (SSSR count). The van der Waals surface area contributed by atoms with Gasteiger partial charge < -0.3 is 13.5 Å². The molecule has 1 aromatic heterocycles. The largest absolute Gasteiger partial charge is 0.464 e. The first kappa shape index (κ1) is 12.4. The highest BCUT2D eigenvalue weighted by atomic mass is 31.2. The van der Waals surface area contributed by atoms with Gasteiger partial charge in [0.1, 0.15) is 5.58 Å². The van der Waals surface area contributed by atoms with Crippen LogP contribution in [0.3, 0.4) is 0 Å². The minimum atomic E-state index is -3.19. The van der Waals surface area contributed by atoms with Crippen LogP contribution >= 0.6 is 7.60 Å². The van der Waals surface area contributed by atoms with Crippen molar-refractivity contribution in [1.29, 1.82) is 0 Å². The van der Waals surface area contributed by atoms with E-state index in [2.05, 4.69) is 0 Å². The molecule has 92 valence electrons. The number of furan rings is 1. The minimum absolute atomic E-state index is 0.348. The van der Waals surface area contributed by atoms with Gasteiger partial charge >= 0.3 is 7.60 Å². The first-order chi connectivity index (χ1) is 8.19. The summed E-state index contributed by atoms with van der Waals surface area (Å²) < 4.78 is 28.3. The summed E-state index contributed by atoms with van der Waals surface area (Å²) in [5.74, 6) is 0. The number of hydrogen-bond acceptors (Lipinski definition) is 4. The van der Waals surface area contributed by atoms with E-state index in [9.17, 15) is 4.57 Å². The van der Waals surface area contributed by atoms with Crippen molar-refractivity contribution >= 4 is 23.9 Å². The Balaban J connectivity index is 2.44. The molecular formula is C12H15O4P. The second-order valence-corrected chi connectivity index (χ2v) is 5.50. The van der Waals surface area contributed by atoms with Crippen LogP contribution in [0.2, 0.25) is 0 Å². The molecule has 0 aliphatic heterocycles. The summed E-state index contributed by atoms with van der Waals surface area (Å²) in [6.45, 7) is 4.28. The van der Waals surface area contributed by atoms with Gasteiger partial charge in [-0.05, 0) is 38.1 Å². The van der Waals surface area contributed by atoms with Gasteiger partial charge in [-0.25, -0.2) is 0 Å². The van der Waals surface area contributed by atoms with E-state index in [1.54, 1.807) is 38.3 Å². The standard InChI is InChI=1S/C12H15O4P/c1-3-15-17(13,16-4-2)11-5-6-12-10(9-11)7-8-14-12/h5-9H,3-4H2,1-2H3. The monoisotopic (exact) mass is 254 g/mol. The normalized spacial score (nSPS) is 12.1. The Bertz CT molecular complexity index is 536. The summed E-state index contributed by atoms with van der Waals surface area (Å²) in [5, 5.41) is 1.46. The molecule has 0 spiro atoms. The van der Waals surface area contributed by atoms with Crippen LogP contribution in [-0.2, 0) is 13.6 Å². The van der Waals surface area contributed by atoms with Gasteiger partial charge in [-0.1, -0.05) is 0 Å². The van der Waals surface area contributed by atoms with Crippen LogP contribution in [0, 0.1) is 0 Å². The Kier molecular flexibility index (Phi) is 3.67.